The molecule has 2 aromatic carbocycles. The minimum absolute atomic E-state index is 0.410. The summed E-state index contributed by atoms with van der Waals surface area (Å²) in [5.41, 5.74) is 5.57. The highest BCUT2D eigenvalue weighted by atomic mass is 16.6. The summed E-state index contributed by atoms with van der Waals surface area (Å²) in [6.45, 7) is 25.7. The van der Waals surface area contributed by atoms with E-state index in [2.05, 4.69) is 39.5 Å². The van der Waals surface area contributed by atoms with Gasteiger partial charge in [0.05, 0.1) is 26.4 Å². The van der Waals surface area contributed by atoms with Crippen LogP contribution in [0.3, 0.4) is 0 Å². The van der Waals surface area contributed by atoms with Crippen molar-refractivity contribution in [3.63, 3.8) is 0 Å². The number of hydrogen-bond donors (Lipinski definition) is 0. The topological polar surface area (TPSA) is 36.9 Å². The van der Waals surface area contributed by atoms with Crippen LogP contribution in [-0.4, -0.2) is 39.6 Å². The molecule has 0 aliphatic carbocycles. The summed E-state index contributed by atoms with van der Waals surface area (Å²) in [5, 5.41) is 0. The highest BCUT2D eigenvalue weighted by Gasteiger charge is 2.09. The van der Waals surface area contributed by atoms with E-state index in [-0.39, 0.29) is 0 Å². The molecule has 0 aliphatic rings. The average molecular weight is 459 g/mol. The van der Waals surface area contributed by atoms with E-state index in [4.69, 9.17) is 18.9 Å². The van der Waals surface area contributed by atoms with Crippen molar-refractivity contribution in [2.45, 2.75) is 0 Å². The Bertz CT molecular complexity index is 891. The van der Waals surface area contributed by atoms with Crippen molar-refractivity contribution in [1.29, 1.82) is 0 Å². The lowest BCUT2D eigenvalue weighted by Crippen LogP contribution is -2.14. The highest BCUT2D eigenvalue weighted by Crippen LogP contribution is 2.29. The normalized spacial score (nSPS) is 10.2. The molecule has 0 N–H and O–H groups in total. The molecule has 178 valence electrons. The maximum Gasteiger partial charge on any atom is 0.133 e. The molecule has 2 rings (SSSR count). The van der Waals surface area contributed by atoms with E-state index < -0.39 is 0 Å². The minimum atomic E-state index is 0.410. The van der Waals surface area contributed by atoms with Crippen LogP contribution >= 0.6 is 0 Å². The molecule has 0 bridgehead atoms. The summed E-state index contributed by atoms with van der Waals surface area (Å²) in [6, 6.07) is 7.90. The van der Waals surface area contributed by atoms with Crippen LogP contribution in [0.2, 0.25) is 0 Å². The molecule has 0 saturated heterocycles. The van der Waals surface area contributed by atoms with Gasteiger partial charge in [0.2, 0.25) is 0 Å². The van der Waals surface area contributed by atoms with E-state index in [0.717, 1.165) is 44.9 Å². The molecule has 0 fully saturated rings. The second-order valence-corrected chi connectivity index (χ2v) is 7.20. The third-order valence-electron chi connectivity index (χ3n) is 5.01. The number of rotatable bonds is 17. The van der Waals surface area contributed by atoms with Crippen LogP contribution in [-0.2, 0) is 9.47 Å². The molecule has 0 aromatic heterocycles. The molecule has 0 atom stereocenters. The summed E-state index contributed by atoms with van der Waals surface area (Å²) < 4.78 is 23.1. The van der Waals surface area contributed by atoms with Gasteiger partial charge in [-0.25, -0.2) is 0 Å². The predicted molar refractivity (Wildman–Crippen MR) is 146 cm³/mol. The molecular formula is C30H34O4. The molecule has 34 heavy (non-hydrogen) atoms. The van der Waals surface area contributed by atoms with Crippen LogP contribution < -0.4 is 9.47 Å². The van der Waals surface area contributed by atoms with Crippen molar-refractivity contribution >= 4 is 36.5 Å². The van der Waals surface area contributed by atoms with Gasteiger partial charge >= 0.3 is 0 Å². The summed E-state index contributed by atoms with van der Waals surface area (Å²) >= 11 is 0. The second kappa shape index (κ2) is 14.5. The standard InChI is InChI=1S/C30H34O4/c1-7-23-19-25(9-3)29(26(10-4)20-23)33-17-15-31-13-14-32-16-18-34-30-27(11-5)21-24(8-2)22-28(30)12-6/h7-12,19-22H,1-6,13-18H2. The molecule has 0 aliphatic heterocycles. The first kappa shape index (κ1) is 26.7. The fraction of sp³-hybridized carbons (Fsp3) is 0.200. The highest BCUT2D eigenvalue weighted by molar-refractivity contribution is 5.72. The summed E-state index contributed by atoms with van der Waals surface area (Å²) in [6.07, 6.45) is 10.6. The van der Waals surface area contributed by atoms with Crippen LogP contribution in [0.25, 0.3) is 36.5 Å². The Hall–Kier alpha value is -3.60. The van der Waals surface area contributed by atoms with Crippen LogP contribution in [0, 0.1) is 0 Å². The van der Waals surface area contributed by atoms with Crippen molar-refractivity contribution in [2.75, 3.05) is 39.6 Å². The van der Waals surface area contributed by atoms with Crippen LogP contribution in [0.5, 0.6) is 11.5 Å². The van der Waals surface area contributed by atoms with Crippen molar-refractivity contribution in [3.05, 3.63) is 97.1 Å². The summed E-state index contributed by atoms with van der Waals surface area (Å²) in [5.74, 6) is 1.48. The van der Waals surface area contributed by atoms with Crippen molar-refractivity contribution < 1.29 is 18.9 Å². The van der Waals surface area contributed by atoms with Crippen molar-refractivity contribution in [1.82, 2.24) is 0 Å². The first-order valence-electron chi connectivity index (χ1n) is 11.1. The van der Waals surface area contributed by atoms with E-state index in [9.17, 15) is 0 Å². The van der Waals surface area contributed by atoms with E-state index in [1.54, 1.807) is 36.5 Å². The molecule has 0 heterocycles. The average Bonchev–Trinajstić information content (AvgIpc) is 2.88. The maximum atomic E-state index is 5.92. The van der Waals surface area contributed by atoms with Gasteiger partial charge in [-0.2, -0.15) is 0 Å². The largest absolute Gasteiger partial charge is 0.490 e. The minimum Gasteiger partial charge on any atom is -0.490 e. The van der Waals surface area contributed by atoms with Gasteiger partial charge in [-0.15, -0.1) is 0 Å². The van der Waals surface area contributed by atoms with Crippen LogP contribution in [0.1, 0.15) is 33.4 Å². The molecule has 0 spiro atoms. The van der Waals surface area contributed by atoms with Gasteiger partial charge in [-0.3, -0.25) is 0 Å². The first-order valence-corrected chi connectivity index (χ1v) is 11.1. The van der Waals surface area contributed by atoms with Gasteiger partial charge in [-0.1, -0.05) is 75.9 Å². The van der Waals surface area contributed by atoms with Crippen LogP contribution in [0.4, 0.5) is 0 Å². The molecule has 2 aromatic rings. The Kier molecular flexibility index (Phi) is 11.4. The lowest BCUT2D eigenvalue weighted by atomic mass is 10.0. The van der Waals surface area contributed by atoms with Gasteiger partial charge in [0.1, 0.15) is 24.7 Å². The lowest BCUT2D eigenvalue weighted by molar-refractivity contribution is 0.0273. The van der Waals surface area contributed by atoms with E-state index in [1.165, 1.54) is 0 Å². The molecule has 0 unspecified atom stereocenters. The number of benzene rings is 2. The van der Waals surface area contributed by atoms with E-state index >= 15 is 0 Å². The van der Waals surface area contributed by atoms with E-state index in [0.29, 0.717) is 39.6 Å². The smallest absolute Gasteiger partial charge is 0.133 e. The number of hydrogen-bond acceptors (Lipinski definition) is 4. The third kappa shape index (κ3) is 7.48. The van der Waals surface area contributed by atoms with Gasteiger partial charge in [0, 0.05) is 22.3 Å². The molecule has 4 heteroatoms. The predicted octanol–water partition coefficient (Wildman–Crippen LogP) is 7.04. The number of ether oxygens (including phenoxy) is 4. The molecule has 0 saturated carbocycles. The quantitative estimate of drug-likeness (QED) is 0.238. The van der Waals surface area contributed by atoms with E-state index in [1.807, 2.05) is 24.3 Å². The lowest BCUT2D eigenvalue weighted by Gasteiger charge is -2.15. The Morgan fingerprint density at radius 3 is 1.00 bits per heavy atom. The fourth-order valence-electron chi connectivity index (χ4n) is 3.30. The fourth-order valence-corrected chi connectivity index (χ4v) is 3.30. The zero-order chi connectivity index (χ0) is 24.8. The summed E-state index contributed by atoms with van der Waals surface area (Å²) in [7, 11) is 0. The molecule has 0 radical (unpaired) electrons. The molecular weight excluding hydrogens is 424 g/mol. The van der Waals surface area contributed by atoms with Crippen LogP contribution in [0.15, 0.2) is 63.7 Å². The monoisotopic (exact) mass is 458 g/mol. The van der Waals surface area contributed by atoms with Crippen molar-refractivity contribution in [3.8, 4) is 11.5 Å². The second-order valence-electron chi connectivity index (χ2n) is 7.20. The Morgan fingerprint density at radius 1 is 0.441 bits per heavy atom. The first-order chi connectivity index (χ1) is 16.6. The third-order valence-corrected chi connectivity index (χ3v) is 5.01. The van der Waals surface area contributed by atoms with Gasteiger partial charge < -0.3 is 18.9 Å². The van der Waals surface area contributed by atoms with Gasteiger partial charge in [0.25, 0.3) is 0 Å². The Labute approximate surface area is 203 Å². The SMILES string of the molecule is C=Cc1cc(C=C)c(OCCOCCOCCOc2c(C=C)cc(C=C)cc2C=C)c(C=C)c1. The Balaban J connectivity index is 1.69. The molecule has 4 nitrogen and oxygen atoms in total. The van der Waals surface area contributed by atoms with Gasteiger partial charge in [-0.05, 0) is 35.4 Å². The maximum absolute atomic E-state index is 5.92. The zero-order valence-electron chi connectivity index (χ0n) is 19.9. The Morgan fingerprint density at radius 2 is 0.735 bits per heavy atom. The summed E-state index contributed by atoms with van der Waals surface area (Å²) in [4.78, 5) is 0. The van der Waals surface area contributed by atoms with Crippen molar-refractivity contribution in [2.24, 2.45) is 0 Å². The zero-order valence-corrected chi connectivity index (χ0v) is 19.9. The molecule has 0 amide bonds. The van der Waals surface area contributed by atoms with Gasteiger partial charge in [0.15, 0.2) is 0 Å².